The topological polar surface area (TPSA) is 21.1 Å². The van der Waals surface area contributed by atoms with Crippen LogP contribution < -0.4 is 0 Å². The summed E-state index contributed by atoms with van der Waals surface area (Å²) in [4.78, 5) is 2.69. The fraction of sp³-hybridized carbons (Fsp3) is 0.880. The van der Waals surface area contributed by atoms with Crippen molar-refractivity contribution in [1.29, 1.82) is 0 Å². The van der Waals surface area contributed by atoms with Crippen LogP contribution in [0.4, 0.5) is 0 Å². The molecule has 1 aromatic rings. The van der Waals surface area contributed by atoms with E-state index in [4.69, 9.17) is 5.10 Å². The van der Waals surface area contributed by atoms with Gasteiger partial charge in [0, 0.05) is 12.7 Å². The van der Waals surface area contributed by atoms with Gasteiger partial charge >= 0.3 is 0 Å². The van der Waals surface area contributed by atoms with Crippen LogP contribution in [0.5, 0.6) is 0 Å². The lowest BCUT2D eigenvalue weighted by Gasteiger charge is -2.33. The highest BCUT2D eigenvalue weighted by Gasteiger charge is 2.22. The summed E-state index contributed by atoms with van der Waals surface area (Å²) >= 11 is 0. The van der Waals surface area contributed by atoms with Gasteiger partial charge in [-0.3, -0.25) is 4.68 Å². The Morgan fingerprint density at radius 3 is 2.61 bits per heavy atom. The molecule has 0 spiro atoms. The Morgan fingerprint density at radius 2 is 1.82 bits per heavy atom. The lowest BCUT2D eigenvalue weighted by molar-refractivity contribution is 0.165. The van der Waals surface area contributed by atoms with Crippen molar-refractivity contribution >= 4 is 0 Å². The van der Waals surface area contributed by atoms with Crippen LogP contribution in [0.2, 0.25) is 0 Å². The van der Waals surface area contributed by atoms with Crippen LogP contribution in [-0.4, -0.2) is 34.3 Å². The smallest absolute Gasteiger partial charge is 0.0646 e. The number of hydrogen-bond donors (Lipinski definition) is 0. The number of piperidine rings is 1. The third-order valence-electron chi connectivity index (χ3n) is 6.74. The Hall–Kier alpha value is -0.830. The maximum Gasteiger partial charge on any atom is 0.0646 e. The van der Waals surface area contributed by atoms with Crippen molar-refractivity contribution in [2.75, 3.05) is 19.6 Å². The second-order valence-corrected chi connectivity index (χ2v) is 9.49. The second kappa shape index (κ2) is 13.4. The van der Waals surface area contributed by atoms with Crippen molar-refractivity contribution in [2.24, 2.45) is 5.92 Å². The number of rotatable bonds is 14. The van der Waals surface area contributed by atoms with Gasteiger partial charge in [0.15, 0.2) is 0 Å². The maximum absolute atomic E-state index is 4.78. The molecule has 0 saturated carbocycles. The van der Waals surface area contributed by atoms with Crippen LogP contribution in [0.25, 0.3) is 0 Å². The van der Waals surface area contributed by atoms with Crippen LogP contribution in [-0.2, 0) is 0 Å². The molecule has 2 heterocycles. The molecule has 3 nitrogen and oxygen atoms in total. The van der Waals surface area contributed by atoms with E-state index in [9.17, 15) is 0 Å². The molecule has 1 saturated heterocycles. The third kappa shape index (κ3) is 8.27. The maximum atomic E-state index is 4.78. The van der Waals surface area contributed by atoms with Gasteiger partial charge in [-0.1, -0.05) is 72.6 Å². The average Bonchev–Trinajstić information content (AvgIpc) is 3.18. The van der Waals surface area contributed by atoms with Gasteiger partial charge in [0.2, 0.25) is 0 Å². The summed E-state index contributed by atoms with van der Waals surface area (Å²) < 4.78 is 2.29. The summed E-state index contributed by atoms with van der Waals surface area (Å²) in [5, 5.41) is 4.78. The van der Waals surface area contributed by atoms with Gasteiger partial charge in [-0.15, -0.1) is 0 Å². The number of unbranched alkanes of at least 4 members (excludes halogenated alkanes) is 4. The predicted octanol–water partition coefficient (Wildman–Crippen LogP) is 7.20. The summed E-state index contributed by atoms with van der Waals surface area (Å²) in [6.07, 6.45) is 20.7. The Balaban J connectivity index is 1.73. The van der Waals surface area contributed by atoms with E-state index in [1.165, 1.54) is 102 Å². The average molecular weight is 390 g/mol. The van der Waals surface area contributed by atoms with Crippen LogP contribution in [0.15, 0.2) is 12.4 Å². The van der Waals surface area contributed by atoms with Crippen molar-refractivity contribution in [3.8, 4) is 0 Å². The molecule has 3 heteroatoms. The molecule has 0 amide bonds. The molecule has 0 N–H and O–H groups in total. The van der Waals surface area contributed by atoms with Gasteiger partial charge in [0.05, 0.1) is 12.2 Å². The first-order valence-corrected chi connectivity index (χ1v) is 12.4. The standard InChI is InChI=1S/C25H47N3/c1-5-7-8-9-10-15-23(4)24-19-26-28(20-24)25-16-12-18-27(21-25)17-11-14-22(3)13-6-2/h19-20,22-23,25H,5-18,21H2,1-4H3. The minimum Gasteiger partial charge on any atom is -0.301 e. The van der Waals surface area contributed by atoms with Crippen LogP contribution >= 0.6 is 0 Å². The fourth-order valence-electron chi connectivity index (χ4n) is 4.78. The largest absolute Gasteiger partial charge is 0.301 e. The van der Waals surface area contributed by atoms with Crippen LogP contribution in [0, 0.1) is 5.92 Å². The minimum atomic E-state index is 0.576. The number of likely N-dealkylation sites (tertiary alicyclic amines) is 1. The first-order valence-electron chi connectivity index (χ1n) is 12.4. The Labute approximate surface area is 175 Å². The molecular formula is C25H47N3. The van der Waals surface area contributed by atoms with Crippen molar-refractivity contribution in [3.63, 3.8) is 0 Å². The molecular weight excluding hydrogens is 342 g/mol. The first-order chi connectivity index (χ1) is 13.6. The molecule has 0 bridgehead atoms. The zero-order valence-corrected chi connectivity index (χ0v) is 19.3. The summed E-state index contributed by atoms with van der Waals surface area (Å²) in [5.74, 6) is 1.54. The third-order valence-corrected chi connectivity index (χ3v) is 6.74. The van der Waals surface area contributed by atoms with Crippen LogP contribution in [0.1, 0.15) is 122 Å². The van der Waals surface area contributed by atoms with Crippen LogP contribution in [0.3, 0.4) is 0 Å². The van der Waals surface area contributed by atoms with E-state index in [-0.39, 0.29) is 0 Å². The molecule has 3 atom stereocenters. The summed E-state index contributed by atoms with van der Waals surface area (Å²) in [5.41, 5.74) is 1.45. The van der Waals surface area contributed by atoms with E-state index in [1.54, 1.807) is 0 Å². The predicted molar refractivity (Wildman–Crippen MR) is 122 cm³/mol. The summed E-state index contributed by atoms with van der Waals surface area (Å²) in [6.45, 7) is 13.1. The molecule has 1 aromatic heterocycles. The minimum absolute atomic E-state index is 0.576. The highest BCUT2D eigenvalue weighted by molar-refractivity contribution is 5.10. The molecule has 28 heavy (non-hydrogen) atoms. The van der Waals surface area contributed by atoms with Gasteiger partial charge in [0.25, 0.3) is 0 Å². The van der Waals surface area contributed by atoms with E-state index >= 15 is 0 Å². The van der Waals surface area contributed by atoms with Crippen molar-refractivity contribution in [2.45, 2.75) is 117 Å². The normalized spacial score (nSPS) is 20.4. The monoisotopic (exact) mass is 389 g/mol. The lowest BCUT2D eigenvalue weighted by Crippen LogP contribution is -2.37. The molecule has 2 rings (SSSR count). The molecule has 1 aliphatic heterocycles. The first kappa shape index (κ1) is 23.4. The Kier molecular flexibility index (Phi) is 11.2. The van der Waals surface area contributed by atoms with Gasteiger partial charge < -0.3 is 4.90 Å². The molecule has 1 fully saturated rings. The summed E-state index contributed by atoms with van der Waals surface area (Å²) in [6, 6.07) is 0.576. The van der Waals surface area contributed by atoms with E-state index in [0.717, 1.165) is 5.92 Å². The quantitative estimate of drug-likeness (QED) is 0.314. The number of nitrogens with zero attached hydrogens (tertiary/aromatic N) is 3. The highest BCUT2D eigenvalue weighted by Crippen LogP contribution is 2.26. The molecule has 0 aliphatic carbocycles. The Bertz CT molecular complexity index is 510. The SMILES string of the molecule is CCCCCCCC(C)c1cnn(C2CCCN(CCCC(C)CCC)C2)c1. The lowest BCUT2D eigenvalue weighted by atomic mass is 9.97. The number of aromatic nitrogens is 2. The molecule has 3 unspecified atom stereocenters. The zero-order valence-electron chi connectivity index (χ0n) is 19.3. The molecule has 162 valence electrons. The van der Waals surface area contributed by atoms with Gasteiger partial charge in [0.1, 0.15) is 0 Å². The van der Waals surface area contributed by atoms with Crippen molar-refractivity contribution < 1.29 is 0 Å². The Morgan fingerprint density at radius 1 is 1.00 bits per heavy atom. The van der Waals surface area contributed by atoms with E-state index in [2.05, 4.69) is 49.7 Å². The van der Waals surface area contributed by atoms with Gasteiger partial charge in [-0.05, 0) is 62.6 Å². The van der Waals surface area contributed by atoms with E-state index in [1.807, 2.05) is 0 Å². The number of hydrogen-bond acceptors (Lipinski definition) is 2. The van der Waals surface area contributed by atoms with E-state index < -0.39 is 0 Å². The summed E-state index contributed by atoms with van der Waals surface area (Å²) in [7, 11) is 0. The zero-order chi connectivity index (χ0) is 20.2. The second-order valence-electron chi connectivity index (χ2n) is 9.49. The molecule has 0 aromatic carbocycles. The molecule has 1 aliphatic rings. The van der Waals surface area contributed by atoms with Crippen molar-refractivity contribution in [3.05, 3.63) is 18.0 Å². The van der Waals surface area contributed by atoms with Gasteiger partial charge in [-0.2, -0.15) is 5.10 Å². The molecule has 0 radical (unpaired) electrons. The van der Waals surface area contributed by atoms with Crippen molar-refractivity contribution in [1.82, 2.24) is 14.7 Å². The highest BCUT2D eigenvalue weighted by atomic mass is 15.3. The fourth-order valence-corrected chi connectivity index (χ4v) is 4.78. The van der Waals surface area contributed by atoms with Gasteiger partial charge in [-0.25, -0.2) is 0 Å². The van der Waals surface area contributed by atoms with E-state index in [0.29, 0.717) is 12.0 Å².